The van der Waals surface area contributed by atoms with E-state index in [-0.39, 0.29) is 27.2 Å². The molecule has 0 aliphatic heterocycles. The molecule has 122 valence electrons. The molecule has 0 aliphatic carbocycles. The van der Waals surface area contributed by atoms with E-state index in [1.54, 1.807) is 22.6 Å². The van der Waals surface area contributed by atoms with Gasteiger partial charge < -0.3 is 5.73 Å². The van der Waals surface area contributed by atoms with Crippen LogP contribution in [0.3, 0.4) is 0 Å². The normalized spacial score (nSPS) is 12.9. The largest absolute Gasteiger partial charge is 0.475 e. The molecule has 2 aromatic rings. The van der Waals surface area contributed by atoms with Gasteiger partial charge >= 0.3 is 5.51 Å². The summed E-state index contributed by atoms with van der Waals surface area (Å²) < 4.78 is 50.3. The summed E-state index contributed by atoms with van der Waals surface area (Å²) in [6.07, 6.45) is 0. The van der Waals surface area contributed by atoms with Crippen LogP contribution in [0.15, 0.2) is 17.0 Å². The van der Waals surface area contributed by atoms with Crippen molar-refractivity contribution in [1.29, 1.82) is 5.26 Å². The van der Waals surface area contributed by atoms with Crippen LogP contribution in [0.2, 0.25) is 10.0 Å². The Kier molecular flexibility index (Phi) is 5.15. The zero-order valence-corrected chi connectivity index (χ0v) is 15.1. The summed E-state index contributed by atoms with van der Waals surface area (Å²) in [6.45, 7) is 0. The van der Waals surface area contributed by atoms with Crippen molar-refractivity contribution in [2.45, 2.75) is 10.4 Å². The van der Waals surface area contributed by atoms with E-state index in [9.17, 15) is 17.4 Å². The van der Waals surface area contributed by atoms with Crippen LogP contribution in [0.25, 0.3) is 5.69 Å². The minimum atomic E-state index is -4.94. The van der Waals surface area contributed by atoms with Gasteiger partial charge in [0.25, 0.3) is 0 Å². The first-order chi connectivity index (χ1) is 10.6. The fraction of sp³-hybridized carbons (Fsp3) is 0.0909. The molecule has 1 aromatic carbocycles. The average molecular weight is 495 g/mol. The predicted molar refractivity (Wildman–Crippen MR) is 87.9 cm³/mol. The molecular formula is C11H4Cl2F3IN4OS. The second kappa shape index (κ2) is 6.46. The van der Waals surface area contributed by atoms with E-state index < -0.39 is 21.2 Å². The maximum atomic E-state index is 12.5. The number of nitriles is 1. The first-order valence-electron chi connectivity index (χ1n) is 5.50. The zero-order chi connectivity index (χ0) is 17.5. The number of halogens is 6. The number of nitrogen functional groups attached to an aromatic ring is 1. The van der Waals surface area contributed by atoms with Gasteiger partial charge in [0.05, 0.1) is 18.5 Å². The van der Waals surface area contributed by atoms with E-state index in [1.165, 1.54) is 0 Å². The molecule has 23 heavy (non-hydrogen) atoms. The van der Waals surface area contributed by atoms with Crippen LogP contribution >= 0.6 is 45.8 Å². The highest BCUT2D eigenvalue weighted by Gasteiger charge is 2.38. The molecule has 0 radical (unpaired) electrons. The van der Waals surface area contributed by atoms with Gasteiger partial charge in [-0.3, -0.25) is 0 Å². The standard InChI is InChI=1S/C11H4Cl2F3IN4OS/c12-5-1-4(23(22)11(14,15)16)2-6(13)9(5)21-10(19)8(17)7(3-18)20-21/h1-2H,19H2. The van der Waals surface area contributed by atoms with Crippen molar-refractivity contribution in [1.82, 2.24) is 9.78 Å². The molecule has 5 nitrogen and oxygen atoms in total. The molecule has 2 rings (SSSR count). The number of nitrogens with two attached hydrogens (primary N) is 1. The van der Waals surface area contributed by atoms with Crippen LogP contribution in [0.4, 0.5) is 19.0 Å². The lowest BCUT2D eigenvalue weighted by Gasteiger charge is -2.12. The Morgan fingerprint density at radius 3 is 2.26 bits per heavy atom. The molecule has 0 saturated heterocycles. The molecule has 0 saturated carbocycles. The first kappa shape index (κ1) is 18.3. The van der Waals surface area contributed by atoms with Crippen molar-refractivity contribution in [2.24, 2.45) is 0 Å². The minimum absolute atomic E-state index is 0.00632. The molecular weight excluding hydrogens is 491 g/mol. The maximum absolute atomic E-state index is 12.5. The van der Waals surface area contributed by atoms with Gasteiger partial charge in [-0.15, -0.1) is 0 Å². The van der Waals surface area contributed by atoms with Crippen LogP contribution in [-0.4, -0.2) is 19.5 Å². The molecule has 12 heteroatoms. The van der Waals surface area contributed by atoms with Gasteiger partial charge in [-0.1, -0.05) is 23.2 Å². The van der Waals surface area contributed by atoms with Gasteiger partial charge in [-0.25, -0.2) is 8.89 Å². The number of aromatic nitrogens is 2. The van der Waals surface area contributed by atoms with Gasteiger partial charge in [0.2, 0.25) is 0 Å². The summed E-state index contributed by atoms with van der Waals surface area (Å²) in [7, 11) is -3.28. The second-order valence-electron chi connectivity index (χ2n) is 4.02. The van der Waals surface area contributed by atoms with Crippen molar-refractivity contribution >= 4 is 62.4 Å². The number of anilines is 1. The third-order valence-electron chi connectivity index (χ3n) is 2.59. The fourth-order valence-corrected chi connectivity index (χ4v) is 3.59. The van der Waals surface area contributed by atoms with Crippen molar-refractivity contribution in [3.05, 3.63) is 31.4 Å². The maximum Gasteiger partial charge on any atom is 0.475 e. The van der Waals surface area contributed by atoms with Crippen molar-refractivity contribution in [3.63, 3.8) is 0 Å². The first-order valence-corrected chi connectivity index (χ1v) is 8.48. The molecule has 0 aliphatic rings. The van der Waals surface area contributed by atoms with E-state index >= 15 is 0 Å². The van der Waals surface area contributed by atoms with Crippen LogP contribution in [0, 0.1) is 14.9 Å². The molecule has 1 unspecified atom stereocenters. The molecule has 0 spiro atoms. The van der Waals surface area contributed by atoms with Crippen molar-refractivity contribution < 1.29 is 17.4 Å². The van der Waals surface area contributed by atoms with Crippen molar-refractivity contribution in [2.75, 3.05) is 5.73 Å². The third kappa shape index (κ3) is 3.42. The van der Waals surface area contributed by atoms with E-state index in [1.807, 2.05) is 6.07 Å². The number of nitrogens with zero attached hydrogens (tertiary/aromatic N) is 3. The summed E-state index contributed by atoms with van der Waals surface area (Å²) in [5.74, 6) is 0.0515. The Balaban J connectivity index is 2.64. The monoisotopic (exact) mass is 494 g/mol. The van der Waals surface area contributed by atoms with Crippen LogP contribution in [-0.2, 0) is 10.8 Å². The smallest absolute Gasteiger partial charge is 0.383 e. The van der Waals surface area contributed by atoms with Gasteiger partial charge in [-0.05, 0) is 34.7 Å². The molecule has 0 amide bonds. The SMILES string of the molecule is N#Cc1nn(-c2c(Cl)cc(S(=O)C(F)(F)F)cc2Cl)c(N)c1I. The van der Waals surface area contributed by atoms with Crippen LogP contribution < -0.4 is 5.73 Å². The number of alkyl halides is 3. The third-order valence-corrected chi connectivity index (χ3v) is 5.32. The Morgan fingerprint density at radius 1 is 1.35 bits per heavy atom. The van der Waals surface area contributed by atoms with Crippen molar-refractivity contribution in [3.8, 4) is 11.8 Å². The number of hydrogen-bond donors (Lipinski definition) is 1. The minimum Gasteiger partial charge on any atom is -0.383 e. The lowest BCUT2D eigenvalue weighted by molar-refractivity contribution is -0.0384. The average Bonchev–Trinajstić information content (AvgIpc) is 2.73. The fourth-order valence-electron chi connectivity index (χ4n) is 1.64. The second-order valence-corrected chi connectivity index (χ2v) is 7.39. The summed E-state index contributed by atoms with van der Waals surface area (Å²) in [5, 5.41) is 12.4. The van der Waals surface area contributed by atoms with Crippen LogP contribution in [0.5, 0.6) is 0 Å². The molecule has 1 aromatic heterocycles. The lowest BCUT2D eigenvalue weighted by Crippen LogP contribution is -2.16. The van der Waals surface area contributed by atoms with E-state index in [0.717, 1.165) is 16.8 Å². The highest BCUT2D eigenvalue weighted by Crippen LogP contribution is 2.36. The molecule has 0 fully saturated rings. The summed E-state index contributed by atoms with van der Waals surface area (Å²) in [5.41, 5.74) is 0.864. The Labute approximate surface area is 153 Å². The van der Waals surface area contributed by atoms with Crippen LogP contribution in [0.1, 0.15) is 5.69 Å². The van der Waals surface area contributed by atoms with Gasteiger partial charge in [-0.2, -0.15) is 23.5 Å². The summed E-state index contributed by atoms with van der Waals surface area (Å²) in [6, 6.07) is 3.55. The van der Waals surface area contributed by atoms with Gasteiger partial charge in [0.1, 0.15) is 17.6 Å². The number of hydrogen-bond acceptors (Lipinski definition) is 4. The zero-order valence-electron chi connectivity index (χ0n) is 10.7. The summed E-state index contributed by atoms with van der Waals surface area (Å²) >= 11 is 13.7. The van der Waals surface area contributed by atoms with E-state index in [2.05, 4.69) is 5.10 Å². The Morgan fingerprint density at radius 2 is 1.87 bits per heavy atom. The van der Waals surface area contributed by atoms with E-state index in [0.29, 0.717) is 3.57 Å². The van der Waals surface area contributed by atoms with E-state index in [4.69, 9.17) is 34.2 Å². The molecule has 2 N–H and O–H groups in total. The number of rotatable bonds is 2. The van der Waals surface area contributed by atoms with Gasteiger partial charge in [0, 0.05) is 0 Å². The molecule has 1 atom stereocenters. The van der Waals surface area contributed by atoms with Gasteiger partial charge in [0.15, 0.2) is 16.5 Å². The highest BCUT2D eigenvalue weighted by molar-refractivity contribution is 14.1. The Hall–Kier alpha value is -1.03. The highest BCUT2D eigenvalue weighted by atomic mass is 127. The summed E-state index contributed by atoms with van der Waals surface area (Å²) in [4.78, 5) is -0.600. The topological polar surface area (TPSA) is 84.7 Å². The predicted octanol–water partition coefficient (Wildman–Crippen LogP) is 3.86. The lowest BCUT2D eigenvalue weighted by atomic mass is 10.3. The molecule has 0 bridgehead atoms. The Bertz CT molecular complexity index is 839. The molecule has 1 heterocycles. The quantitative estimate of drug-likeness (QED) is 0.642. The number of benzene rings is 1.